The van der Waals surface area contributed by atoms with Crippen molar-refractivity contribution in [2.24, 2.45) is 0 Å². The van der Waals surface area contributed by atoms with Crippen molar-refractivity contribution in [1.29, 1.82) is 0 Å². The fourth-order valence-corrected chi connectivity index (χ4v) is 13.3. The number of benzene rings is 12. The number of hydrogen-bond acceptors (Lipinski definition) is 0. The summed E-state index contributed by atoms with van der Waals surface area (Å²) in [6.45, 7) is 9.61. The second kappa shape index (κ2) is 15.8. The van der Waals surface area contributed by atoms with Crippen molar-refractivity contribution in [3.05, 3.63) is 265 Å². The Bertz CT molecular complexity index is 4280. The van der Waals surface area contributed by atoms with Crippen molar-refractivity contribution in [2.75, 3.05) is 0 Å². The fourth-order valence-electron chi connectivity index (χ4n) is 13.3. The van der Waals surface area contributed by atoms with E-state index in [2.05, 4.69) is 270 Å². The second-order valence-electron chi connectivity index (χ2n) is 22.0. The standard InChI is InChI=1S/C74H52/c1-73(2)68-41-52(47-21-19-45(20-22-47)46-23-27-50(28-24-46)57-16-9-12-49-11-5-6-13-56(49)57)31-35-61(68)63-37-33-54(43-70(63)73)55-34-38-64-62-36-32-53(42-69(62)74(3,4)71(64)44-55)48-25-29-51(30-26-48)58-39-40-67-60-15-8-7-14-59(60)66-18-10-17-65(58)72(66)67/h5-44H,1-4H3. The Morgan fingerprint density at radius 2 is 0.486 bits per heavy atom. The molecule has 0 N–H and O–H groups in total. The maximum absolute atomic E-state index is 2.47. The van der Waals surface area contributed by atoms with Crippen LogP contribution in [-0.4, -0.2) is 0 Å². The maximum Gasteiger partial charge on any atom is 0.0159 e. The molecule has 0 atom stereocenters. The largest absolute Gasteiger partial charge is 0.0616 e. The van der Waals surface area contributed by atoms with Gasteiger partial charge in [0.05, 0.1) is 0 Å². The van der Waals surface area contributed by atoms with Crippen LogP contribution in [0.3, 0.4) is 0 Å². The summed E-state index contributed by atoms with van der Waals surface area (Å²) < 4.78 is 0. The van der Waals surface area contributed by atoms with Gasteiger partial charge >= 0.3 is 0 Å². The molecular weight excluding hydrogens is 889 g/mol. The molecule has 0 aromatic heterocycles. The summed E-state index contributed by atoms with van der Waals surface area (Å²) in [5.41, 5.74) is 31.0. The smallest absolute Gasteiger partial charge is 0.0159 e. The van der Waals surface area contributed by atoms with Gasteiger partial charge in [0.1, 0.15) is 0 Å². The highest BCUT2D eigenvalue weighted by atomic mass is 14.4. The quantitative estimate of drug-likeness (QED) is 0.156. The number of rotatable bonds is 6. The molecule has 0 aliphatic heterocycles. The Labute approximate surface area is 433 Å². The van der Waals surface area contributed by atoms with Crippen molar-refractivity contribution in [2.45, 2.75) is 38.5 Å². The molecule has 0 amide bonds. The molecule has 0 spiro atoms. The molecule has 0 bridgehead atoms. The minimum absolute atomic E-state index is 0.147. The summed E-state index contributed by atoms with van der Waals surface area (Å²) >= 11 is 0. The minimum atomic E-state index is -0.150. The van der Waals surface area contributed by atoms with Crippen LogP contribution in [0.15, 0.2) is 243 Å². The van der Waals surface area contributed by atoms with Gasteiger partial charge in [-0.25, -0.2) is 0 Å². The summed E-state index contributed by atoms with van der Waals surface area (Å²) in [6, 6.07) is 91.3. The molecule has 0 unspecified atom stereocenters. The Hall–Kier alpha value is -8.84. The van der Waals surface area contributed by atoms with E-state index in [1.165, 1.54) is 155 Å². The molecular formula is C74H52. The zero-order valence-electron chi connectivity index (χ0n) is 42.1. The van der Waals surface area contributed by atoms with Gasteiger partial charge in [-0.15, -0.1) is 0 Å². The average molecular weight is 941 g/mol. The number of hydrogen-bond donors (Lipinski definition) is 0. The van der Waals surface area contributed by atoms with Crippen molar-refractivity contribution in [3.8, 4) is 111 Å². The van der Waals surface area contributed by atoms with Crippen LogP contribution in [0.5, 0.6) is 0 Å². The van der Waals surface area contributed by atoms with Gasteiger partial charge in [0.2, 0.25) is 0 Å². The van der Waals surface area contributed by atoms with Crippen LogP contribution in [-0.2, 0) is 10.8 Å². The first-order valence-electron chi connectivity index (χ1n) is 26.2. The van der Waals surface area contributed by atoms with Crippen molar-refractivity contribution in [1.82, 2.24) is 0 Å². The van der Waals surface area contributed by atoms with Crippen LogP contribution in [0, 0.1) is 0 Å². The molecule has 0 radical (unpaired) electrons. The summed E-state index contributed by atoms with van der Waals surface area (Å²) in [6.07, 6.45) is 0. The van der Waals surface area contributed by atoms with E-state index in [1.54, 1.807) is 0 Å². The van der Waals surface area contributed by atoms with Crippen molar-refractivity contribution >= 4 is 21.5 Å². The Morgan fingerprint density at radius 3 is 0.973 bits per heavy atom. The highest BCUT2D eigenvalue weighted by molar-refractivity contribution is 6.18. The van der Waals surface area contributed by atoms with Crippen LogP contribution in [0.1, 0.15) is 49.9 Å². The predicted octanol–water partition coefficient (Wildman–Crippen LogP) is 20.3. The Balaban J connectivity index is 0.678. The lowest BCUT2D eigenvalue weighted by molar-refractivity contribution is 0.660. The lowest BCUT2D eigenvalue weighted by atomic mass is 9.79. The average Bonchev–Trinajstić information content (AvgIpc) is 3.99. The molecule has 0 fully saturated rings. The van der Waals surface area contributed by atoms with Gasteiger partial charge in [-0.1, -0.05) is 246 Å². The Kier molecular flexibility index (Phi) is 9.16. The van der Waals surface area contributed by atoms with Gasteiger partial charge in [0.25, 0.3) is 0 Å². The van der Waals surface area contributed by atoms with Gasteiger partial charge in [0.15, 0.2) is 0 Å². The monoisotopic (exact) mass is 940 g/mol. The summed E-state index contributed by atoms with van der Waals surface area (Å²) in [7, 11) is 0. The first kappa shape index (κ1) is 42.8. The van der Waals surface area contributed by atoms with Gasteiger partial charge in [-0.2, -0.15) is 0 Å². The zero-order chi connectivity index (χ0) is 49.5. The SMILES string of the molecule is CC1(C)c2cc(-c3ccc(-c4ccc(-c5cccc6ccccc56)cc4)cc3)ccc2-c2ccc(-c3ccc4c(c3)C(C)(C)c3cc(-c5ccc(-c6ccc7c8c(cccc68)-c6ccccc6-7)cc5)ccc3-4)cc21. The fraction of sp³-hybridized carbons (Fsp3) is 0.0811. The van der Waals surface area contributed by atoms with E-state index in [0.717, 1.165) is 0 Å². The Morgan fingerprint density at radius 1 is 0.203 bits per heavy atom. The molecule has 0 nitrogen and oxygen atoms in total. The first-order valence-corrected chi connectivity index (χ1v) is 26.2. The molecule has 12 aromatic carbocycles. The molecule has 15 rings (SSSR count). The second-order valence-corrected chi connectivity index (χ2v) is 22.0. The first-order chi connectivity index (χ1) is 36.2. The normalized spacial score (nSPS) is 13.9. The molecule has 0 saturated heterocycles. The third kappa shape index (κ3) is 6.34. The van der Waals surface area contributed by atoms with E-state index in [9.17, 15) is 0 Å². The molecule has 0 heterocycles. The highest BCUT2D eigenvalue weighted by Gasteiger charge is 2.38. The summed E-state index contributed by atoms with van der Waals surface area (Å²) in [5, 5.41) is 5.24. The van der Waals surface area contributed by atoms with Crippen LogP contribution in [0.2, 0.25) is 0 Å². The zero-order valence-corrected chi connectivity index (χ0v) is 42.1. The molecule has 0 heteroatoms. The van der Waals surface area contributed by atoms with Crippen LogP contribution in [0.25, 0.3) is 133 Å². The van der Waals surface area contributed by atoms with Gasteiger partial charge < -0.3 is 0 Å². The van der Waals surface area contributed by atoms with Gasteiger partial charge in [-0.05, 0) is 179 Å². The van der Waals surface area contributed by atoms with Crippen LogP contribution < -0.4 is 0 Å². The van der Waals surface area contributed by atoms with Crippen LogP contribution >= 0.6 is 0 Å². The minimum Gasteiger partial charge on any atom is -0.0616 e. The van der Waals surface area contributed by atoms with E-state index in [1.807, 2.05) is 0 Å². The lowest BCUT2D eigenvalue weighted by Gasteiger charge is -2.24. The van der Waals surface area contributed by atoms with E-state index in [-0.39, 0.29) is 10.8 Å². The van der Waals surface area contributed by atoms with Crippen molar-refractivity contribution in [3.63, 3.8) is 0 Å². The van der Waals surface area contributed by atoms with E-state index >= 15 is 0 Å². The maximum atomic E-state index is 2.47. The molecule has 3 aliphatic carbocycles. The highest BCUT2D eigenvalue weighted by Crippen LogP contribution is 2.54. The molecule has 348 valence electrons. The summed E-state index contributed by atoms with van der Waals surface area (Å²) in [5.74, 6) is 0. The molecule has 3 aliphatic rings. The predicted molar refractivity (Wildman–Crippen MR) is 314 cm³/mol. The molecule has 12 aromatic rings. The third-order valence-electron chi connectivity index (χ3n) is 17.3. The number of fused-ring (bicyclic) bond motifs is 10. The molecule has 74 heavy (non-hydrogen) atoms. The van der Waals surface area contributed by atoms with E-state index < -0.39 is 0 Å². The third-order valence-corrected chi connectivity index (χ3v) is 17.3. The lowest BCUT2D eigenvalue weighted by Crippen LogP contribution is -2.15. The van der Waals surface area contributed by atoms with E-state index in [4.69, 9.17) is 0 Å². The van der Waals surface area contributed by atoms with E-state index in [0.29, 0.717) is 0 Å². The van der Waals surface area contributed by atoms with Crippen LogP contribution in [0.4, 0.5) is 0 Å². The molecule has 0 saturated carbocycles. The topological polar surface area (TPSA) is 0 Å². The van der Waals surface area contributed by atoms with Gasteiger partial charge in [-0.3, -0.25) is 0 Å². The van der Waals surface area contributed by atoms with Crippen molar-refractivity contribution < 1.29 is 0 Å². The summed E-state index contributed by atoms with van der Waals surface area (Å²) in [4.78, 5) is 0. The van der Waals surface area contributed by atoms with Gasteiger partial charge in [0, 0.05) is 10.8 Å².